The molecule has 0 saturated heterocycles. The molecular formula is C22H30O5. The normalized spacial score (nSPS) is 46.0. The zero-order valence-electron chi connectivity index (χ0n) is 16.3. The van der Waals surface area contributed by atoms with Gasteiger partial charge in [-0.15, -0.1) is 0 Å². The summed E-state index contributed by atoms with van der Waals surface area (Å²) in [6.07, 6.45) is 8.54. The molecule has 1 N–H and O–H groups in total. The first-order valence-electron chi connectivity index (χ1n) is 10.3. The number of ketones is 2. The van der Waals surface area contributed by atoms with Crippen LogP contribution in [-0.4, -0.2) is 35.4 Å². The zero-order chi connectivity index (χ0) is 19.4. The van der Waals surface area contributed by atoms with E-state index in [1.54, 1.807) is 0 Å². The first kappa shape index (κ1) is 18.9. The van der Waals surface area contributed by atoms with Gasteiger partial charge in [-0.25, -0.2) is 0 Å². The molecule has 0 aliphatic heterocycles. The highest BCUT2D eigenvalue weighted by Gasteiger charge is 2.66. The molecule has 0 spiro atoms. The van der Waals surface area contributed by atoms with Crippen LogP contribution in [0.1, 0.15) is 65.2 Å². The Hall–Kier alpha value is -1.49. The minimum atomic E-state index is -1.40. The molecular weight excluding hydrogens is 344 g/mol. The Kier molecular flexibility index (Phi) is 4.37. The van der Waals surface area contributed by atoms with Crippen molar-refractivity contribution < 1.29 is 24.2 Å². The van der Waals surface area contributed by atoms with Crippen molar-refractivity contribution in [3.8, 4) is 0 Å². The van der Waals surface area contributed by atoms with Crippen molar-refractivity contribution in [1.29, 1.82) is 0 Å². The number of ether oxygens (including phenoxy) is 1. The second kappa shape index (κ2) is 6.26. The van der Waals surface area contributed by atoms with Crippen molar-refractivity contribution in [3.05, 3.63) is 11.6 Å². The van der Waals surface area contributed by atoms with Crippen molar-refractivity contribution in [2.75, 3.05) is 6.61 Å². The van der Waals surface area contributed by atoms with E-state index in [-0.39, 0.29) is 30.1 Å². The van der Waals surface area contributed by atoms with Gasteiger partial charge in [0.1, 0.15) is 5.60 Å². The molecule has 0 aromatic rings. The Balaban J connectivity index is 1.63. The molecule has 0 radical (unpaired) electrons. The summed E-state index contributed by atoms with van der Waals surface area (Å²) in [6.45, 7) is 4.32. The van der Waals surface area contributed by atoms with Crippen LogP contribution in [0.5, 0.6) is 0 Å². The molecule has 4 rings (SSSR count). The van der Waals surface area contributed by atoms with E-state index in [2.05, 4.69) is 18.6 Å². The lowest BCUT2D eigenvalue weighted by molar-refractivity contribution is -0.167. The minimum absolute atomic E-state index is 0.0868. The smallest absolute Gasteiger partial charge is 0.293 e. The summed E-state index contributed by atoms with van der Waals surface area (Å²) < 4.78 is 4.67. The van der Waals surface area contributed by atoms with Gasteiger partial charge >= 0.3 is 0 Å². The Labute approximate surface area is 160 Å². The van der Waals surface area contributed by atoms with Gasteiger partial charge in [-0.1, -0.05) is 19.4 Å². The summed E-state index contributed by atoms with van der Waals surface area (Å²) in [6, 6.07) is 0. The molecule has 3 saturated carbocycles. The molecule has 0 heterocycles. The highest BCUT2D eigenvalue weighted by Crippen LogP contribution is 2.67. The second-order valence-electron chi connectivity index (χ2n) is 9.65. The van der Waals surface area contributed by atoms with Crippen molar-refractivity contribution in [2.24, 2.45) is 28.6 Å². The van der Waals surface area contributed by atoms with Crippen LogP contribution in [0.4, 0.5) is 0 Å². The first-order chi connectivity index (χ1) is 12.8. The highest BCUT2D eigenvalue weighted by molar-refractivity contribution is 5.92. The first-order valence-corrected chi connectivity index (χ1v) is 10.3. The zero-order valence-corrected chi connectivity index (χ0v) is 16.3. The number of Topliss-reactive ketones (excluding diaryl/α,β-unsaturated/α-hetero) is 1. The van der Waals surface area contributed by atoms with Crippen LogP contribution in [0.25, 0.3) is 0 Å². The standard InChI is InChI=1S/C22H30O5/c1-20-8-5-15(24)11-14(20)3-4-16-17(20)6-9-21(2)18(16)7-10-22(21,26)19(25)12-27-13-23/h11,13,16-18,26H,3-10,12H2,1-2H3/t16-,17+,18+,20+,21+,22+/m1/s1. The number of allylic oxidation sites excluding steroid dienone is 1. The summed E-state index contributed by atoms with van der Waals surface area (Å²) in [5, 5.41) is 11.4. The molecule has 0 aromatic heterocycles. The van der Waals surface area contributed by atoms with Gasteiger partial charge in [-0.3, -0.25) is 14.4 Å². The summed E-state index contributed by atoms with van der Waals surface area (Å²) in [4.78, 5) is 35.1. The van der Waals surface area contributed by atoms with Gasteiger partial charge in [0, 0.05) is 11.8 Å². The molecule has 5 nitrogen and oxygen atoms in total. The summed E-state index contributed by atoms with van der Waals surface area (Å²) in [5.41, 5.74) is -0.443. The maximum Gasteiger partial charge on any atom is 0.293 e. The molecule has 0 unspecified atom stereocenters. The van der Waals surface area contributed by atoms with Crippen LogP contribution in [0.15, 0.2) is 11.6 Å². The molecule has 0 bridgehead atoms. The van der Waals surface area contributed by atoms with Gasteiger partial charge in [0.25, 0.3) is 6.47 Å². The largest absolute Gasteiger partial charge is 0.460 e. The van der Waals surface area contributed by atoms with Crippen LogP contribution >= 0.6 is 0 Å². The van der Waals surface area contributed by atoms with Gasteiger partial charge in [-0.05, 0) is 74.2 Å². The average Bonchev–Trinajstić information content (AvgIpc) is 2.92. The van der Waals surface area contributed by atoms with Crippen LogP contribution in [-0.2, 0) is 19.1 Å². The van der Waals surface area contributed by atoms with E-state index < -0.39 is 11.0 Å². The third-order valence-electron chi connectivity index (χ3n) is 8.86. The monoisotopic (exact) mass is 374 g/mol. The third-order valence-corrected chi connectivity index (χ3v) is 8.86. The SMILES string of the molecule is C[C@]12CCC(=O)C=C1CC[C@@H]1[C@@H]2CC[C@@]2(C)[C@H]1CC[C@]2(O)C(=O)COC=O. The van der Waals surface area contributed by atoms with Gasteiger partial charge < -0.3 is 9.84 Å². The predicted octanol–water partition coefficient (Wildman–Crippen LogP) is 2.99. The minimum Gasteiger partial charge on any atom is -0.460 e. The molecule has 5 heteroatoms. The molecule has 4 aliphatic carbocycles. The van der Waals surface area contributed by atoms with E-state index in [9.17, 15) is 19.5 Å². The number of rotatable bonds is 4. The number of aliphatic hydroxyl groups is 1. The Morgan fingerprint density at radius 2 is 1.93 bits per heavy atom. The summed E-state index contributed by atoms with van der Waals surface area (Å²) in [5.74, 6) is 1.21. The maximum absolute atomic E-state index is 12.7. The van der Waals surface area contributed by atoms with Gasteiger partial charge in [0.2, 0.25) is 5.78 Å². The van der Waals surface area contributed by atoms with E-state index in [1.807, 2.05) is 6.08 Å². The van der Waals surface area contributed by atoms with E-state index in [4.69, 9.17) is 0 Å². The van der Waals surface area contributed by atoms with Crippen LogP contribution < -0.4 is 0 Å². The van der Waals surface area contributed by atoms with Gasteiger partial charge in [-0.2, -0.15) is 0 Å². The lowest BCUT2D eigenvalue weighted by Gasteiger charge is -2.58. The Bertz CT molecular complexity index is 711. The molecule has 27 heavy (non-hydrogen) atoms. The van der Waals surface area contributed by atoms with E-state index in [0.717, 1.165) is 38.5 Å². The molecule has 0 aromatic carbocycles. The van der Waals surface area contributed by atoms with Crippen LogP contribution in [0, 0.1) is 28.6 Å². The summed E-state index contributed by atoms with van der Waals surface area (Å²) in [7, 11) is 0. The number of carbonyl (C=O) groups is 3. The molecule has 6 atom stereocenters. The topological polar surface area (TPSA) is 80.7 Å². The lowest BCUT2D eigenvalue weighted by atomic mass is 9.46. The maximum atomic E-state index is 12.7. The number of carbonyl (C=O) groups excluding carboxylic acids is 3. The third kappa shape index (κ3) is 2.50. The van der Waals surface area contributed by atoms with Crippen molar-refractivity contribution in [2.45, 2.75) is 70.8 Å². The molecule has 148 valence electrons. The summed E-state index contributed by atoms with van der Waals surface area (Å²) >= 11 is 0. The van der Waals surface area contributed by atoms with E-state index in [0.29, 0.717) is 30.6 Å². The highest BCUT2D eigenvalue weighted by atomic mass is 16.5. The quantitative estimate of drug-likeness (QED) is 0.765. The fourth-order valence-corrected chi connectivity index (χ4v) is 7.26. The fraction of sp³-hybridized carbons (Fsp3) is 0.773. The number of hydrogen-bond donors (Lipinski definition) is 1. The van der Waals surface area contributed by atoms with Crippen molar-refractivity contribution in [1.82, 2.24) is 0 Å². The van der Waals surface area contributed by atoms with E-state index >= 15 is 0 Å². The van der Waals surface area contributed by atoms with Crippen LogP contribution in [0.3, 0.4) is 0 Å². The number of fused-ring (bicyclic) bond motifs is 5. The number of hydrogen-bond acceptors (Lipinski definition) is 5. The van der Waals surface area contributed by atoms with E-state index in [1.165, 1.54) is 5.57 Å². The fourth-order valence-electron chi connectivity index (χ4n) is 7.26. The van der Waals surface area contributed by atoms with Crippen molar-refractivity contribution in [3.63, 3.8) is 0 Å². The lowest BCUT2D eigenvalue weighted by Crippen LogP contribution is -2.58. The second-order valence-corrected chi connectivity index (χ2v) is 9.65. The van der Waals surface area contributed by atoms with Gasteiger partial charge in [0.05, 0.1) is 0 Å². The Morgan fingerprint density at radius 1 is 1.19 bits per heavy atom. The molecule has 0 amide bonds. The van der Waals surface area contributed by atoms with Crippen LogP contribution in [0.2, 0.25) is 0 Å². The predicted molar refractivity (Wildman–Crippen MR) is 98.7 cm³/mol. The van der Waals surface area contributed by atoms with Crippen molar-refractivity contribution >= 4 is 18.0 Å². The molecule has 4 aliphatic rings. The molecule has 3 fully saturated rings. The van der Waals surface area contributed by atoms with Gasteiger partial charge in [0.15, 0.2) is 12.4 Å². The average molecular weight is 374 g/mol. The Morgan fingerprint density at radius 3 is 2.67 bits per heavy atom.